The average molecular weight is 338 g/mol. The monoisotopic (exact) mass is 337 g/mol. The standard InChI is InChI=1S/C14H13BrFN3O/c1-18-14(20)10-4-2-8(17)6-13(10)19-9-3-5-12(16)11(15)7-9/h2-7,19H,17H2,1H3,(H,18,20). The van der Waals surface area contributed by atoms with Crippen LogP contribution in [0.25, 0.3) is 0 Å². The molecule has 20 heavy (non-hydrogen) atoms. The normalized spacial score (nSPS) is 10.2. The van der Waals surface area contributed by atoms with Crippen LogP contribution < -0.4 is 16.4 Å². The van der Waals surface area contributed by atoms with E-state index in [-0.39, 0.29) is 11.7 Å². The molecule has 4 N–H and O–H groups in total. The van der Waals surface area contributed by atoms with Gasteiger partial charge in [-0.1, -0.05) is 0 Å². The Labute approximate surface area is 124 Å². The third-order valence-electron chi connectivity index (χ3n) is 2.71. The number of benzene rings is 2. The van der Waals surface area contributed by atoms with E-state index in [1.54, 1.807) is 37.4 Å². The van der Waals surface area contributed by atoms with Gasteiger partial charge in [0.25, 0.3) is 5.91 Å². The maximum atomic E-state index is 13.2. The van der Waals surface area contributed by atoms with Crippen molar-refractivity contribution in [1.82, 2.24) is 5.32 Å². The topological polar surface area (TPSA) is 67.2 Å². The van der Waals surface area contributed by atoms with Gasteiger partial charge in [-0.2, -0.15) is 0 Å². The maximum Gasteiger partial charge on any atom is 0.253 e. The van der Waals surface area contributed by atoms with Crippen molar-refractivity contribution in [1.29, 1.82) is 0 Å². The van der Waals surface area contributed by atoms with Crippen LogP contribution in [0.3, 0.4) is 0 Å². The molecule has 0 radical (unpaired) electrons. The second-order valence-electron chi connectivity index (χ2n) is 4.14. The minimum absolute atomic E-state index is 0.228. The molecule has 2 aromatic carbocycles. The lowest BCUT2D eigenvalue weighted by Crippen LogP contribution is -2.19. The number of nitrogens with two attached hydrogens (primary N) is 1. The molecule has 0 aromatic heterocycles. The fraction of sp³-hybridized carbons (Fsp3) is 0.0714. The maximum absolute atomic E-state index is 13.2. The first-order valence-corrected chi connectivity index (χ1v) is 6.64. The van der Waals surface area contributed by atoms with Crippen LogP contribution in [0.1, 0.15) is 10.4 Å². The van der Waals surface area contributed by atoms with E-state index in [2.05, 4.69) is 26.6 Å². The van der Waals surface area contributed by atoms with E-state index in [1.807, 2.05) is 0 Å². The summed E-state index contributed by atoms with van der Waals surface area (Å²) in [6.07, 6.45) is 0. The van der Waals surface area contributed by atoms with Gasteiger partial charge in [-0.05, 0) is 52.3 Å². The van der Waals surface area contributed by atoms with Crippen molar-refractivity contribution in [3.8, 4) is 0 Å². The molecule has 0 aliphatic heterocycles. The number of rotatable bonds is 3. The molecule has 0 aliphatic carbocycles. The zero-order chi connectivity index (χ0) is 14.7. The number of nitrogen functional groups attached to an aromatic ring is 1. The van der Waals surface area contributed by atoms with Crippen LogP contribution in [0.15, 0.2) is 40.9 Å². The fourth-order valence-electron chi connectivity index (χ4n) is 1.73. The summed E-state index contributed by atoms with van der Waals surface area (Å²) >= 11 is 3.12. The van der Waals surface area contributed by atoms with E-state index in [1.165, 1.54) is 6.07 Å². The largest absolute Gasteiger partial charge is 0.399 e. The van der Waals surface area contributed by atoms with Gasteiger partial charge in [-0.3, -0.25) is 4.79 Å². The molecule has 2 aromatic rings. The Hall–Kier alpha value is -2.08. The zero-order valence-electron chi connectivity index (χ0n) is 10.7. The van der Waals surface area contributed by atoms with Crippen molar-refractivity contribution in [2.45, 2.75) is 0 Å². The van der Waals surface area contributed by atoms with Gasteiger partial charge in [-0.25, -0.2) is 4.39 Å². The summed E-state index contributed by atoms with van der Waals surface area (Å²) in [6, 6.07) is 9.44. The second kappa shape index (κ2) is 5.92. The molecule has 1 amide bonds. The summed E-state index contributed by atoms with van der Waals surface area (Å²) in [5.74, 6) is -0.580. The van der Waals surface area contributed by atoms with Gasteiger partial charge in [0.1, 0.15) is 5.82 Å². The predicted molar refractivity (Wildman–Crippen MR) is 81.6 cm³/mol. The summed E-state index contributed by atoms with van der Waals surface area (Å²) in [6.45, 7) is 0. The number of amides is 1. The summed E-state index contributed by atoms with van der Waals surface area (Å²) in [5.41, 5.74) is 7.93. The number of carbonyl (C=O) groups is 1. The highest BCUT2D eigenvalue weighted by Crippen LogP contribution is 2.26. The van der Waals surface area contributed by atoms with Crippen LogP contribution >= 0.6 is 15.9 Å². The smallest absolute Gasteiger partial charge is 0.253 e. The summed E-state index contributed by atoms with van der Waals surface area (Å²) in [4.78, 5) is 11.8. The zero-order valence-corrected chi connectivity index (χ0v) is 12.3. The van der Waals surface area contributed by atoms with E-state index < -0.39 is 0 Å². The van der Waals surface area contributed by atoms with Gasteiger partial charge in [0, 0.05) is 18.4 Å². The van der Waals surface area contributed by atoms with Gasteiger partial charge < -0.3 is 16.4 Å². The van der Waals surface area contributed by atoms with Crippen molar-refractivity contribution in [3.05, 3.63) is 52.3 Å². The average Bonchev–Trinajstić information content (AvgIpc) is 2.42. The van der Waals surface area contributed by atoms with Gasteiger partial charge in [0.2, 0.25) is 0 Å². The molecule has 0 heterocycles. The lowest BCUT2D eigenvalue weighted by molar-refractivity contribution is 0.0964. The van der Waals surface area contributed by atoms with Gasteiger partial charge in [0.05, 0.1) is 15.7 Å². The second-order valence-corrected chi connectivity index (χ2v) is 4.99. The Kier molecular flexibility index (Phi) is 4.24. The third kappa shape index (κ3) is 3.08. The minimum Gasteiger partial charge on any atom is -0.399 e. The molecular weight excluding hydrogens is 325 g/mol. The molecule has 0 saturated carbocycles. The molecule has 0 unspecified atom stereocenters. The van der Waals surface area contributed by atoms with Crippen molar-refractivity contribution >= 4 is 38.9 Å². The molecule has 6 heteroatoms. The molecule has 104 valence electrons. The Morgan fingerprint density at radius 2 is 2.00 bits per heavy atom. The van der Waals surface area contributed by atoms with E-state index in [0.29, 0.717) is 27.1 Å². The number of nitrogens with one attached hydrogen (secondary N) is 2. The van der Waals surface area contributed by atoms with Crippen molar-refractivity contribution in [2.24, 2.45) is 0 Å². The van der Waals surface area contributed by atoms with Crippen LogP contribution in [0.4, 0.5) is 21.5 Å². The Balaban J connectivity index is 2.38. The lowest BCUT2D eigenvalue weighted by Gasteiger charge is -2.12. The number of halogens is 2. The van der Waals surface area contributed by atoms with Crippen molar-refractivity contribution in [2.75, 3.05) is 18.1 Å². The summed E-state index contributed by atoms with van der Waals surface area (Å²) in [7, 11) is 1.55. The van der Waals surface area contributed by atoms with Gasteiger partial charge in [-0.15, -0.1) is 0 Å². The van der Waals surface area contributed by atoms with Gasteiger partial charge >= 0.3 is 0 Å². The predicted octanol–water partition coefficient (Wildman–Crippen LogP) is 3.27. The molecule has 4 nitrogen and oxygen atoms in total. The highest BCUT2D eigenvalue weighted by molar-refractivity contribution is 9.10. The molecule has 0 spiro atoms. The van der Waals surface area contributed by atoms with E-state index in [0.717, 1.165) is 0 Å². The number of carbonyl (C=O) groups excluding carboxylic acids is 1. The molecule has 0 aliphatic rings. The summed E-state index contributed by atoms with van der Waals surface area (Å²) in [5, 5.41) is 5.62. The van der Waals surface area contributed by atoms with Gasteiger partial charge in [0.15, 0.2) is 0 Å². The SMILES string of the molecule is CNC(=O)c1ccc(N)cc1Nc1ccc(F)c(Br)c1. The molecule has 0 atom stereocenters. The first-order chi connectivity index (χ1) is 9.51. The van der Waals surface area contributed by atoms with E-state index in [9.17, 15) is 9.18 Å². The number of anilines is 3. The van der Waals surface area contributed by atoms with E-state index >= 15 is 0 Å². The summed E-state index contributed by atoms with van der Waals surface area (Å²) < 4.78 is 13.5. The highest BCUT2D eigenvalue weighted by Gasteiger charge is 2.11. The van der Waals surface area contributed by atoms with Crippen LogP contribution in [-0.4, -0.2) is 13.0 Å². The van der Waals surface area contributed by atoms with E-state index in [4.69, 9.17) is 5.73 Å². The highest BCUT2D eigenvalue weighted by atomic mass is 79.9. The molecule has 0 bridgehead atoms. The fourth-order valence-corrected chi connectivity index (χ4v) is 2.11. The van der Waals surface area contributed by atoms with Crippen LogP contribution in [0.5, 0.6) is 0 Å². The minimum atomic E-state index is -0.352. The first kappa shape index (κ1) is 14.3. The molecule has 0 fully saturated rings. The molecular formula is C14H13BrFN3O. The van der Waals surface area contributed by atoms with Crippen LogP contribution in [0, 0.1) is 5.82 Å². The van der Waals surface area contributed by atoms with Crippen molar-refractivity contribution < 1.29 is 9.18 Å². The molecule has 0 saturated heterocycles. The quantitative estimate of drug-likeness (QED) is 0.753. The Morgan fingerprint density at radius 1 is 1.25 bits per heavy atom. The first-order valence-electron chi connectivity index (χ1n) is 5.85. The van der Waals surface area contributed by atoms with Crippen LogP contribution in [-0.2, 0) is 0 Å². The third-order valence-corrected chi connectivity index (χ3v) is 3.32. The lowest BCUT2D eigenvalue weighted by atomic mass is 10.1. The van der Waals surface area contributed by atoms with Crippen molar-refractivity contribution in [3.63, 3.8) is 0 Å². The molecule has 2 rings (SSSR count). The Bertz CT molecular complexity index is 661. The number of hydrogen-bond acceptors (Lipinski definition) is 3. The number of hydrogen-bond donors (Lipinski definition) is 3. The Morgan fingerprint density at radius 3 is 2.65 bits per heavy atom. The van der Waals surface area contributed by atoms with Crippen LogP contribution in [0.2, 0.25) is 0 Å².